The summed E-state index contributed by atoms with van der Waals surface area (Å²) in [4.78, 5) is 23.4. The second-order valence-corrected chi connectivity index (χ2v) is 5.67. The van der Waals surface area contributed by atoms with E-state index in [-0.39, 0.29) is 29.9 Å². The molecule has 2 bridgehead atoms. The molecule has 5 nitrogen and oxygen atoms in total. The van der Waals surface area contributed by atoms with E-state index in [1.54, 1.807) is 0 Å². The third-order valence-corrected chi connectivity index (χ3v) is 4.51. The summed E-state index contributed by atoms with van der Waals surface area (Å²) in [5, 5.41) is 21.3. The second-order valence-electron chi connectivity index (χ2n) is 5.67. The largest absolute Gasteiger partial charge is 0.481 e. The Labute approximate surface area is 105 Å². The molecule has 3 rings (SSSR count). The first-order valence-electron chi connectivity index (χ1n) is 6.46. The Bertz CT molecular complexity index is 413. The number of aliphatic hydroxyl groups excluding tert-OH is 1. The van der Waals surface area contributed by atoms with E-state index in [1.807, 2.05) is 12.2 Å². The SMILES string of the molecule is O=C(O)C1C2C=CC(C2)C1C(=O)NC1CC(O)C1. The highest BCUT2D eigenvalue weighted by molar-refractivity contribution is 5.87. The van der Waals surface area contributed by atoms with Crippen LogP contribution in [0.1, 0.15) is 19.3 Å². The van der Waals surface area contributed by atoms with Crippen molar-refractivity contribution in [2.24, 2.45) is 23.7 Å². The number of amides is 1. The lowest BCUT2D eigenvalue weighted by molar-refractivity contribution is -0.148. The summed E-state index contributed by atoms with van der Waals surface area (Å²) in [6, 6.07) is 0.0186. The zero-order chi connectivity index (χ0) is 12.9. The van der Waals surface area contributed by atoms with E-state index < -0.39 is 17.8 Å². The molecule has 0 heterocycles. The minimum Gasteiger partial charge on any atom is -0.481 e. The molecule has 2 fully saturated rings. The van der Waals surface area contributed by atoms with Crippen molar-refractivity contribution in [1.29, 1.82) is 0 Å². The fourth-order valence-electron chi connectivity index (χ4n) is 3.52. The number of rotatable bonds is 3. The van der Waals surface area contributed by atoms with Crippen molar-refractivity contribution in [1.82, 2.24) is 5.32 Å². The van der Waals surface area contributed by atoms with Crippen molar-refractivity contribution >= 4 is 11.9 Å². The summed E-state index contributed by atoms with van der Waals surface area (Å²) in [7, 11) is 0. The average molecular weight is 251 g/mol. The molecule has 2 saturated carbocycles. The fourth-order valence-corrected chi connectivity index (χ4v) is 3.52. The monoisotopic (exact) mass is 251 g/mol. The van der Waals surface area contributed by atoms with Gasteiger partial charge in [0.05, 0.1) is 17.9 Å². The van der Waals surface area contributed by atoms with Gasteiger partial charge in [0, 0.05) is 6.04 Å². The van der Waals surface area contributed by atoms with Crippen molar-refractivity contribution in [2.75, 3.05) is 0 Å². The molecule has 0 saturated heterocycles. The Balaban J connectivity index is 1.68. The molecule has 3 N–H and O–H groups in total. The van der Waals surface area contributed by atoms with Crippen molar-refractivity contribution in [3.8, 4) is 0 Å². The zero-order valence-corrected chi connectivity index (χ0v) is 9.95. The van der Waals surface area contributed by atoms with Gasteiger partial charge < -0.3 is 15.5 Å². The standard InChI is InChI=1S/C13H17NO4/c15-9-4-8(5-9)14-12(16)10-6-1-2-7(3-6)11(10)13(17)18/h1-2,6-11,15H,3-5H2,(H,14,16)(H,17,18). The number of nitrogens with one attached hydrogen (secondary N) is 1. The van der Waals surface area contributed by atoms with Crippen molar-refractivity contribution in [3.63, 3.8) is 0 Å². The Morgan fingerprint density at radius 3 is 2.22 bits per heavy atom. The van der Waals surface area contributed by atoms with Crippen LogP contribution in [0.25, 0.3) is 0 Å². The van der Waals surface area contributed by atoms with Crippen LogP contribution in [-0.4, -0.2) is 34.2 Å². The molecule has 0 spiro atoms. The Morgan fingerprint density at radius 1 is 1.06 bits per heavy atom. The molecule has 98 valence electrons. The third kappa shape index (κ3) is 1.73. The number of carbonyl (C=O) groups is 2. The van der Waals surface area contributed by atoms with E-state index in [0.717, 1.165) is 6.42 Å². The van der Waals surface area contributed by atoms with Crippen molar-refractivity contribution in [3.05, 3.63) is 12.2 Å². The Morgan fingerprint density at radius 2 is 1.67 bits per heavy atom. The van der Waals surface area contributed by atoms with Crippen LogP contribution in [0.2, 0.25) is 0 Å². The van der Waals surface area contributed by atoms with Gasteiger partial charge in [-0.15, -0.1) is 0 Å². The van der Waals surface area contributed by atoms with Gasteiger partial charge in [-0.25, -0.2) is 0 Å². The maximum atomic E-state index is 12.2. The maximum absolute atomic E-state index is 12.2. The van der Waals surface area contributed by atoms with E-state index in [0.29, 0.717) is 12.8 Å². The molecule has 0 aromatic rings. The van der Waals surface area contributed by atoms with Crippen molar-refractivity contribution < 1.29 is 19.8 Å². The van der Waals surface area contributed by atoms with E-state index in [2.05, 4.69) is 5.32 Å². The minimum atomic E-state index is -0.874. The average Bonchev–Trinajstić information content (AvgIpc) is 2.85. The first-order chi connectivity index (χ1) is 8.56. The highest BCUT2D eigenvalue weighted by atomic mass is 16.4. The van der Waals surface area contributed by atoms with Gasteiger partial charge in [-0.2, -0.15) is 0 Å². The fraction of sp³-hybridized carbons (Fsp3) is 0.692. The number of carboxylic acids is 1. The van der Waals surface area contributed by atoms with Gasteiger partial charge >= 0.3 is 5.97 Å². The van der Waals surface area contributed by atoms with E-state index >= 15 is 0 Å². The predicted molar refractivity (Wildman–Crippen MR) is 62.5 cm³/mol. The molecule has 1 amide bonds. The summed E-state index contributed by atoms with van der Waals surface area (Å²) in [6.45, 7) is 0. The van der Waals surface area contributed by atoms with Crippen LogP contribution in [0.15, 0.2) is 12.2 Å². The Hall–Kier alpha value is -1.36. The normalized spacial score (nSPS) is 44.7. The summed E-state index contributed by atoms with van der Waals surface area (Å²) >= 11 is 0. The van der Waals surface area contributed by atoms with Gasteiger partial charge in [0.1, 0.15) is 0 Å². The number of aliphatic hydroxyl groups is 1. The lowest BCUT2D eigenvalue weighted by Crippen LogP contribution is -2.50. The van der Waals surface area contributed by atoms with E-state index in [9.17, 15) is 19.8 Å². The molecular weight excluding hydrogens is 234 g/mol. The number of hydrogen-bond donors (Lipinski definition) is 3. The molecule has 3 aliphatic rings. The molecule has 4 atom stereocenters. The molecule has 0 aromatic carbocycles. The molecule has 0 radical (unpaired) electrons. The number of carbonyl (C=O) groups excluding carboxylic acids is 1. The molecular formula is C13H17NO4. The number of allylic oxidation sites excluding steroid dienone is 2. The van der Waals surface area contributed by atoms with Gasteiger partial charge in [-0.05, 0) is 31.1 Å². The second kappa shape index (κ2) is 4.09. The van der Waals surface area contributed by atoms with E-state index in [4.69, 9.17) is 0 Å². The molecule has 3 aliphatic carbocycles. The van der Waals surface area contributed by atoms with Gasteiger partial charge in [0.2, 0.25) is 5.91 Å². The number of fused-ring (bicyclic) bond motifs is 2. The quantitative estimate of drug-likeness (QED) is 0.623. The van der Waals surface area contributed by atoms with Crippen LogP contribution in [0.5, 0.6) is 0 Å². The first kappa shape index (κ1) is 11.7. The highest BCUT2D eigenvalue weighted by Gasteiger charge is 2.52. The molecule has 18 heavy (non-hydrogen) atoms. The van der Waals surface area contributed by atoms with Crippen LogP contribution >= 0.6 is 0 Å². The number of carboxylic acid groups (broad SMARTS) is 1. The smallest absolute Gasteiger partial charge is 0.307 e. The zero-order valence-electron chi connectivity index (χ0n) is 9.95. The summed E-state index contributed by atoms with van der Waals surface area (Å²) in [5.41, 5.74) is 0. The van der Waals surface area contributed by atoms with Gasteiger partial charge in [0.15, 0.2) is 0 Å². The molecule has 0 aromatic heterocycles. The van der Waals surface area contributed by atoms with Gasteiger partial charge in [0.25, 0.3) is 0 Å². The summed E-state index contributed by atoms with van der Waals surface area (Å²) < 4.78 is 0. The predicted octanol–water partition coefficient (Wildman–Crippen LogP) is 0.149. The summed E-state index contributed by atoms with van der Waals surface area (Å²) in [6.07, 6.45) is 5.54. The van der Waals surface area contributed by atoms with Crippen LogP contribution in [0.3, 0.4) is 0 Å². The minimum absolute atomic E-state index is 0.00947. The van der Waals surface area contributed by atoms with Crippen LogP contribution < -0.4 is 5.32 Å². The molecule has 5 heteroatoms. The van der Waals surface area contributed by atoms with Crippen LogP contribution in [0.4, 0.5) is 0 Å². The van der Waals surface area contributed by atoms with Gasteiger partial charge in [-0.1, -0.05) is 12.2 Å². The topological polar surface area (TPSA) is 86.6 Å². The van der Waals surface area contributed by atoms with E-state index in [1.165, 1.54) is 0 Å². The van der Waals surface area contributed by atoms with Crippen LogP contribution in [0, 0.1) is 23.7 Å². The first-order valence-corrected chi connectivity index (χ1v) is 6.46. The Kier molecular flexibility index (Phi) is 2.66. The molecule has 0 aliphatic heterocycles. The lowest BCUT2D eigenvalue weighted by atomic mass is 9.81. The summed E-state index contributed by atoms with van der Waals surface area (Å²) in [5.74, 6) is -1.96. The highest BCUT2D eigenvalue weighted by Crippen LogP contribution is 2.48. The number of aliphatic carboxylic acids is 1. The maximum Gasteiger partial charge on any atom is 0.307 e. The van der Waals surface area contributed by atoms with Crippen molar-refractivity contribution in [2.45, 2.75) is 31.4 Å². The number of hydrogen-bond acceptors (Lipinski definition) is 3. The lowest BCUT2D eigenvalue weighted by Gasteiger charge is -2.34. The van der Waals surface area contributed by atoms with Crippen LogP contribution in [-0.2, 0) is 9.59 Å². The third-order valence-electron chi connectivity index (χ3n) is 4.51. The molecule has 4 unspecified atom stereocenters. The van der Waals surface area contributed by atoms with Gasteiger partial charge in [-0.3, -0.25) is 9.59 Å².